The zero-order chi connectivity index (χ0) is 12.0. The Bertz CT molecular complexity index is 616. The van der Waals surface area contributed by atoms with Crippen LogP contribution in [0.4, 0.5) is 5.69 Å². The number of carbonyl (C=O) groups excluding carboxylic acids is 1. The van der Waals surface area contributed by atoms with Crippen molar-refractivity contribution in [3.8, 4) is 0 Å². The van der Waals surface area contributed by atoms with Crippen LogP contribution in [0.1, 0.15) is 29.3 Å². The van der Waals surface area contributed by atoms with Crippen molar-refractivity contribution in [3.05, 3.63) is 41.5 Å². The second-order valence-electron chi connectivity index (χ2n) is 4.64. The van der Waals surface area contributed by atoms with Crippen molar-refractivity contribution in [2.24, 2.45) is 0 Å². The van der Waals surface area contributed by atoms with Crippen LogP contribution in [0.3, 0.4) is 0 Å². The highest BCUT2D eigenvalue weighted by Crippen LogP contribution is 2.38. The molecule has 0 radical (unpaired) electrons. The van der Waals surface area contributed by atoms with Crippen LogP contribution in [-0.2, 0) is 0 Å². The molecule has 1 heterocycles. The van der Waals surface area contributed by atoms with Gasteiger partial charge in [0.05, 0.1) is 5.69 Å². The van der Waals surface area contributed by atoms with E-state index in [0.29, 0.717) is 0 Å². The van der Waals surface area contributed by atoms with E-state index in [-0.39, 0.29) is 5.91 Å². The molecule has 2 aromatic rings. The molecule has 1 amide bonds. The number of rotatable bonds is 2. The number of anilines is 1. The van der Waals surface area contributed by atoms with E-state index in [1.54, 1.807) is 0 Å². The minimum absolute atomic E-state index is 0.151. The lowest BCUT2D eigenvalue weighted by atomic mass is 10.0. The maximum atomic E-state index is 12.3. The van der Waals surface area contributed by atoms with Crippen molar-refractivity contribution in [2.75, 3.05) is 11.4 Å². The first-order chi connectivity index (χ1) is 8.22. The Labute approximate surface area is 101 Å². The molecule has 0 fully saturated rings. The van der Waals surface area contributed by atoms with E-state index in [1.165, 1.54) is 10.9 Å². The smallest absolute Gasteiger partial charge is 0.258 e. The zero-order valence-electron chi connectivity index (χ0n) is 10.2. The zero-order valence-corrected chi connectivity index (χ0v) is 10.2. The molecule has 1 aliphatic rings. The molecule has 0 spiro atoms. The van der Waals surface area contributed by atoms with Gasteiger partial charge in [-0.1, -0.05) is 25.1 Å². The summed E-state index contributed by atoms with van der Waals surface area (Å²) in [5.74, 6) is 0.151. The molecule has 86 valence electrons. The lowest BCUT2D eigenvalue weighted by Gasteiger charge is -2.16. The van der Waals surface area contributed by atoms with Gasteiger partial charge in [-0.05, 0) is 36.4 Å². The first-order valence-corrected chi connectivity index (χ1v) is 6.07. The molecular weight excluding hydrogens is 210 g/mol. The van der Waals surface area contributed by atoms with Gasteiger partial charge in [0.15, 0.2) is 0 Å². The van der Waals surface area contributed by atoms with Crippen LogP contribution in [0.2, 0.25) is 0 Å². The average Bonchev–Trinajstić information content (AvgIpc) is 2.57. The molecule has 0 bridgehead atoms. The third kappa shape index (κ3) is 1.37. The molecule has 0 unspecified atom stereocenters. The van der Waals surface area contributed by atoms with Crippen molar-refractivity contribution < 1.29 is 4.79 Å². The van der Waals surface area contributed by atoms with Crippen LogP contribution in [-0.4, -0.2) is 12.5 Å². The topological polar surface area (TPSA) is 20.3 Å². The van der Waals surface area contributed by atoms with Crippen molar-refractivity contribution in [3.63, 3.8) is 0 Å². The predicted molar refractivity (Wildman–Crippen MR) is 70.7 cm³/mol. The Hall–Kier alpha value is -1.83. The summed E-state index contributed by atoms with van der Waals surface area (Å²) < 4.78 is 0. The Morgan fingerprint density at radius 2 is 2.06 bits per heavy atom. The lowest BCUT2D eigenvalue weighted by Crippen LogP contribution is -2.27. The van der Waals surface area contributed by atoms with E-state index in [9.17, 15) is 4.79 Å². The number of nitrogens with zero attached hydrogens (tertiary/aromatic N) is 1. The Balaban J connectivity index is 2.34. The second kappa shape index (κ2) is 3.59. The highest BCUT2D eigenvalue weighted by atomic mass is 16.2. The fraction of sp³-hybridized carbons (Fsp3) is 0.267. The molecule has 0 saturated carbocycles. The molecule has 17 heavy (non-hydrogen) atoms. The van der Waals surface area contributed by atoms with Crippen LogP contribution >= 0.6 is 0 Å². The quantitative estimate of drug-likeness (QED) is 0.765. The van der Waals surface area contributed by atoms with E-state index >= 15 is 0 Å². The summed E-state index contributed by atoms with van der Waals surface area (Å²) in [6.07, 6.45) is 0.981. The molecule has 0 N–H and O–H groups in total. The van der Waals surface area contributed by atoms with Gasteiger partial charge in [0.1, 0.15) is 0 Å². The molecule has 3 rings (SSSR count). The number of carbonyl (C=O) groups is 1. The fourth-order valence-electron chi connectivity index (χ4n) is 2.64. The second-order valence-corrected chi connectivity index (χ2v) is 4.64. The molecule has 0 aliphatic carbocycles. The summed E-state index contributed by atoms with van der Waals surface area (Å²) in [6.45, 7) is 4.98. The van der Waals surface area contributed by atoms with Gasteiger partial charge in [-0.25, -0.2) is 0 Å². The van der Waals surface area contributed by atoms with E-state index in [4.69, 9.17) is 0 Å². The van der Waals surface area contributed by atoms with E-state index in [1.807, 2.05) is 17.0 Å². The number of aryl methyl sites for hydroxylation is 1. The van der Waals surface area contributed by atoms with E-state index in [0.717, 1.165) is 29.6 Å². The van der Waals surface area contributed by atoms with Crippen LogP contribution in [0, 0.1) is 6.92 Å². The molecule has 2 heteroatoms. The van der Waals surface area contributed by atoms with Crippen LogP contribution in [0.15, 0.2) is 30.3 Å². The van der Waals surface area contributed by atoms with Crippen molar-refractivity contribution >= 4 is 22.4 Å². The van der Waals surface area contributed by atoms with Crippen molar-refractivity contribution in [1.82, 2.24) is 0 Å². The normalized spacial score (nSPS) is 13.8. The maximum Gasteiger partial charge on any atom is 0.258 e. The number of hydrogen-bond acceptors (Lipinski definition) is 1. The molecule has 1 aliphatic heterocycles. The third-order valence-electron chi connectivity index (χ3n) is 3.31. The molecular formula is C15H15NO. The molecule has 0 atom stereocenters. The predicted octanol–water partition coefficient (Wildman–Crippen LogP) is 3.52. The minimum Gasteiger partial charge on any atom is -0.308 e. The SMILES string of the molecule is CCCN1C(=O)c2cccc3cc(C)cc1c23. The van der Waals surface area contributed by atoms with Gasteiger partial charge >= 0.3 is 0 Å². The Morgan fingerprint density at radius 3 is 2.82 bits per heavy atom. The number of benzene rings is 2. The van der Waals surface area contributed by atoms with Crippen LogP contribution in [0.25, 0.3) is 10.8 Å². The van der Waals surface area contributed by atoms with Gasteiger partial charge in [-0.3, -0.25) is 4.79 Å². The first kappa shape index (κ1) is 10.3. The first-order valence-electron chi connectivity index (χ1n) is 6.07. The minimum atomic E-state index is 0.151. The fourth-order valence-corrected chi connectivity index (χ4v) is 2.64. The van der Waals surface area contributed by atoms with E-state index < -0.39 is 0 Å². The number of amides is 1. The van der Waals surface area contributed by atoms with Gasteiger partial charge < -0.3 is 4.90 Å². The van der Waals surface area contributed by atoms with E-state index in [2.05, 4.69) is 32.0 Å². The van der Waals surface area contributed by atoms with Gasteiger partial charge in [-0.2, -0.15) is 0 Å². The largest absolute Gasteiger partial charge is 0.308 e. The monoisotopic (exact) mass is 225 g/mol. The van der Waals surface area contributed by atoms with Gasteiger partial charge in [0.25, 0.3) is 5.91 Å². The highest BCUT2D eigenvalue weighted by Gasteiger charge is 2.28. The lowest BCUT2D eigenvalue weighted by molar-refractivity contribution is 0.0993. The van der Waals surface area contributed by atoms with Crippen molar-refractivity contribution in [1.29, 1.82) is 0 Å². The molecule has 2 nitrogen and oxygen atoms in total. The maximum absolute atomic E-state index is 12.3. The van der Waals surface area contributed by atoms with Gasteiger partial charge in [0, 0.05) is 17.5 Å². The molecule has 2 aromatic carbocycles. The summed E-state index contributed by atoms with van der Waals surface area (Å²) in [5, 5.41) is 2.29. The average molecular weight is 225 g/mol. The summed E-state index contributed by atoms with van der Waals surface area (Å²) in [4.78, 5) is 14.2. The van der Waals surface area contributed by atoms with Crippen molar-refractivity contribution in [2.45, 2.75) is 20.3 Å². The standard InChI is InChI=1S/C15H15NO/c1-3-7-16-13-9-10(2)8-11-5-4-6-12(14(11)13)15(16)17/h4-6,8-9H,3,7H2,1-2H3. The summed E-state index contributed by atoms with van der Waals surface area (Å²) in [5.41, 5.74) is 3.15. The molecule has 0 saturated heterocycles. The van der Waals surface area contributed by atoms with Crippen LogP contribution in [0.5, 0.6) is 0 Å². The Kier molecular flexibility index (Phi) is 2.18. The summed E-state index contributed by atoms with van der Waals surface area (Å²) in [6, 6.07) is 10.2. The number of hydrogen-bond donors (Lipinski definition) is 0. The van der Waals surface area contributed by atoms with Gasteiger partial charge in [0.2, 0.25) is 0 Å². The van der Waals surface area contributed by atoms with Gasteiger partial charge in [-0.15, -0.1) is 0 Å². The Morgan fingerprint density at radius 1 is 1.24 bits per heavy atom. The molecule has 0 aromatic heterocycles. The summed E-state index contributed by atoms with van der Waals surface area (Å²) in [7, 11) is 0. The third-order valence-corrected chi connectivity index (χ3v) is 3.31. The highest BCUT2D eigenvalue weighted by molar-refractivity contribution is 6.25. The summed E-state index contributed by atoms with van der Waals surface area (Å²) >= 11 is 0. The van der Waals surface area contributed by atoms with Crippen LogP contribution < -0.4 is 4.90 Å².